The Morgan fingerprint density at radius 2 is 1.84 bits per heavy atom. The zero-order chi connectivity index (χ0) is 21.9. The molecule has 0 bridgehead atoms. The molecule has 1 aliphatic rings. The molecule has 2 aromatic heterocycles. The molecule has 1 atom stereocenters. The Bertz CT molecular complexity index is 1250. The Kier molecular flexibility index (Phi) is 5.52. The van der Waals surface area contributed by atoms with Crippen molar-refractivity contribution in [2.45, 2.75) is 6.10 Å². The van der Waals surface area contributed by atoms with E-state index in [1.54, 1.807) is 13.3 Å². The van der Waals surface area contributed by atoms with E-state index >= 15 is 0 Å². The number of carbonyl (C=O) groups excluding carboxylic acids is 1. The van der Waals surface area contributed by atoms with Gasteiger partial charge in [-0.3, -0.25) is 9.78 Å². The minimum absolute atomic E-state index is 0.0334. The Labute approximate surface area is 186 Å². The summed E-state index contributed by atoms with van der Waals surface area (Å²) in [7, 11) is 1.65. The van der Waals surface area contributed by atoms with Gasteiger partial charge in [-0.1, -0.05) is 24.3 Å². The second kappa shape index (κ2) is 8.77. The Morgan fingerprint density at radius 3 is 2.69 bits per heavy atom. The molecule has 1 amide bonds. The van der Waals surface area contributed by atoms with Gasteiger partial charge >= 0.3 is 0 Å². The van der Waals surface area contributed by atoms with Crippen molar-refractivity contribution < 1.29 is 14.3 Å². The highest BCUT2D eigenvalue weighted by Gasteiger charge is 2.28. The number of carbonyl (C=O) groups is 1. The molecule has 0 N–H and O–H groups in total. The normalized spacial score (nSPS) is 16.2. The molecule has 1 aliphatic heterocycles. The van der Waals surface area contributed by atoms with Crippen molar-refractivity contribution in [1.29, 1.82) is 0 Å². The summed E-state index contributed by atoms with van der Waals surface area (Å²) in [4.78, 5) is 24.4. The minimum Gasteiger partial charge on any atom is -0.497 e. The maximum absolute atomic E-state index is 13.3. The highest BCUT2D eigenvalue weighted by Crippen LogP contribution is 2.27. The summed E-state index contributed by atoms with van der Waals surface area (Å²) >= 11 is 0. The first-order valence-electron chi connectivity index (χ1n) is 10.6. The monoisotopic (exact) mass is 425 g/mol. The Balaban J connectivity index is 1.38. The molecule has 1 saturated heterocycles. The number of hydrogen-bond donors (Lipinski definition) is 0. The van der Waals surface area contributed by atoms with Gasteiger partial charge in [-0.15, -0.1) is 0 Å². The van der Waals surface area contributed by atoms with Crippen LogP contribution in [0.5, 0.6) is 5.75 Å². The molecule has 0 aliphatic carbocycles. The van der Waals surface area contributed by atoms with Gasteiger partial charge in [-0.05, 0) is 48.5 Å². The van der Waals surface area contributed by atoms with E-state index in [-0.39, 0.29) is 12.0 Å². The van der Waals surface area contributed by atoms with Crippen LogP contribution in [0.4, 0.5) is 0 Å². The number of nitrogens with zero attached hydrogens (tertiary/aromatic N) is 3. The van der Waals surface area contributed by atoms with Crippen LogP contribution in [0.15, 0.2) is 79.0 Å². The molecule has 3 heterocycles. The van der Waals surface area contributed by atoms with E-state index in [0.29, 0.717) is 25.3 Å². The number of benzene rings is 2. The molecule has 1 fully saturated rings. The van der Waals surface area contributed by atoms with Gasteiger partial charge in [0.05, 0.1) is 42.7 Å². The van der Waals surface area contributed by atoms with Gasteiger partial charge in [0.2, 0.25) is 0 Å². The van der Waals surface area contributed by atoms with Crippen LogP contribution in [0, 0.1) is 0 Å². The van der Waals surface area contributed by atoms with Crippen molar-refractivity contribution in [3.8, 4) is 17.0 Å². The molecule has 4 aromatic rings. The first-order chi connectivity index (χ1) is 15.7. The van der Waals surface area contributed by atoms with Crippen LogP contribution in [0.3, 0.4) is 0 Å². The summed E-state index contributed by atoms with van der Waals surface area (Å²) in [6.45, 7) is 1.45. The SMILES string of the molecule is COc1ccc(-c2cccc([C@H]3CN(C(=O)c4cccc5cccnc45)CCO3)n2)cc1. The molecule has 6 nitrogen and oxygen atoms in total. The third-order valence-electron chi connectivity index (χ3n) is 5.70. The number of hydrogen-bond acceptors (Lipinski definition) is 5. The summed E-state index contributed by atoms with van der Waals surface area (Å²) in [5.74, 6) is 0.770. The van der Waals surface area contributed by atoms with Gasteiger partial charge in [-0.2, -0.15) is 0 Å². The molecule has 0 unspecified atom stereocenters. The number of ether oxygens (including phenoxy) is 2. The molecule has 0 spiro atoms. The predicted octanol–water partition coefficient (Wildman–Crippen LogP) is 4.52. The average molecular weight is 425 g/mol. The van der Waals surface area contributed by atoms with Crippen molar-refractivity contribution >= 4 is 16.8 Å². The molecule has 2 aromatic carbocycles. The lowest BCUT2D eigenvalue weighted by Gasteiger charge is -2.33. The smallest absolute Gasteiger partial charge is 0.256 e. The number of morpholine rings is 1. The van der Waals surface area contributed by atoms with E-state index in [4.69, 9.17) is 14.5 Å². The summed E-state index contributed by atoms with van der Waals surface area (Å²) < 4.78 is 11.2. The van der Waals surface area contributed by atoms with Gasteiger partial charge in [0.25, 0.3) is 5.91 Å². The number of fused-ring (bicyclic) bond motifs is 1. The maximum atomic E-state index is 13.3. The molecule has 5 rings (SSSR count). The Hall–Kier alpha value is -3.77. The maximum Gasteiger partial charge on any atom is 0.256 e. The largest absolute Gasteiger partial charge is 0.497 e. The zero-order valence-corrected chi connectivity index (χ0v) is 17.8. The molecule has 0 saturated carbocycles. The number of para-hydroxylation sites is 1. The second-order valence-electron chi connectivity index (χ2n) is 7.67. The van der Waals surface area contributed by atoms with E-state index in [0.717, 1.165) is 33.6 Å². The molecule has 32 heavy (non-hydrogen) atoms. The number of methoxy groups -OCH3 is 1. The fraction of sp³-hybridized carbons (Fsp3) is 0.192. The lowest BCUT2D eigenvalue weighted by atomic mass is 10.1. The summed E-state index contributed by atoms with van der Waals surface area (Å²) in [5.41, 5.74) is 4.01. The first kappa shape index (κ1) is 20.2. The number of pyridine rings is 2. The fourth-order valence-corrected chi connectivity index (χ4v) is 4.01. The van der Waals surface area contributed by atoms with E-state index in [2.05, 4.69) is 4.98 Å². The van der Waals surface area contributed by atoms with E-state index in [9.17, 15) is 4.79 Å². The van der Waals surface area contributed by atoms with Crippen LogP contribution >= 0.6 is 0 Å². The lowest BCUT2D eigenvalue weighted by molar-refractivity contribution is -0.0246. The lowest BCUT2D eigenvalue weighted by Crippen LogP contribution is -2.42. The number of rotatable bonds is 4. The van der Waals surface area contributed by atoms with Gasteiger partial charge in [0.15, 0.2) is 0 Å². The third kappa shape index (κ3) is 3.92. The van der Waals surface area contributed by atoms with E-state index in [1.165, 1.54) is 0 Å². The summed E-state index contributed by atoms with van der Waals surface area (Å²) in [5, 5.41) is 0.956. The highest BCUT2D eigenvalue weighted by atomic mass is 16.5. The molecular formula is C26H23N3O3. The molecule has 160 valence electrons. The van der Waals surface area contributed by atoms with Crippen molar-refractivity contribution in [2.75, 3.05) is 26.8 Å². The van der Waals surface area contributed by atoms with Crippen LogP contribution in [0.25, 0.3) is 22.2 Å². The Morgan fingerprint density at radius 1 is 1.03 bits per heavy atom. The number of aromatic nitrogens is 2. The fourth-order valence-electron chi connectivity index (χ4n) is 4.01. The minimum atomic E-state index is -0.283. The van der Waals surface area contributed by atoms with E-state index < -0.39 is 0 Å². The van der Waals surface area contributed by atoms with Gasteiger partial charge < -0.3 is 14.4 Å². The highest BCUT2D eigenvalue weighted by molar-refractivity contribution is 6.05. The predicted molar refractivity (Wildman–Crippen MR) is 123 cm³/mol. The zero-order valence-electron chi connectivity index (χ0n) is 17.8. The van der Waals surface area contributed by atoms with Crippen LogP contribution in [-0.4, -0.2) is 47.6 Å². The summed E-state index contributed by atoms with van der Waals surface area (Å²) in [6, 6.07) is 23.2. The number of amides is 1. The molecular weight excluding hydrogens is 402 g/mol. The topological polar surface area (TPSA) is 64.5 Å². The standard InChI is InChI=1S/C26H23N3O3/c1-31-20-12-10-18(11-13-20)22-8-3-9-23(28-22)24-17-29(15-16-32-24)26(30)21-7-2-5-19-6-4-14-27-25(19)21/h2-14,24H,15-17H2,1H3/t24-/m1/s1. The first-order valence-corrected chi connectivity index (χ1v) is 10.6. The van der Waals surface area contributed by atoms with Crippen molar-refractivity contribution in [2.24, 2.45) is 0 Å². The summed E-state index contributed by atoms with van der Waals surface area (Å²) in [6.07, 6.45) is 1.43. The van der Waals surface area contributed by atoms with Crippen molar-refractivity contribution in [3.05, 3.63) is 90.3 Å². The molecule has 6 heteroatoms. The van der Waals surface area contributed by atoms with Crippen molar-refractivity contribution in [3.63, 3.8) is 0 Å². The quantitative estimate of drug-likeness (QED) is 0.481. The van der Waals surface area contributed by atoms with Gasteiger partial charge in [0.1, 0.15) is 11.9 Å². The molecule has 0 radical (unpaired) electrons. The second-order valence-corrected chi connectivity index (χ2v) is 7.67. The van der Waals surface area contributed by atoms with Gasteiger partial charge in [0, 0.05) is 23.7 Å². The van der Waals surface area contributed by atoms with Gasteiger partial charge in [-0.25, -0.2) is 4.98 Å². The van der Waals surface area contributed by atoms with Crippen LogP contribution in [0.2, 0.25) is 0 Å². The van der Waals surface area contributed by atoms with Crippen LogP contribution < -0.4 is 4.74 Å². The van der Waals surface area contributed by atoms with Crippen LogP contribution in [-0.2, 0) is 4.74 Å². The third-order valence-corrected chi connectivity index (χ3v) is 5.70. The van der Waals surface area contributed by atoms with Crippen molar-refractivity contribution in [1.82, 2.24) is 14.9 Å². The van der Waals surface area contributed by atoms with Crippen LogP contribution in [0.1, 0.15) is 22.2 Å². The van der Waals surface area contributed by atoms with E-state index in [1.807, 2.05) is 77.7 Å². The average Bonchev–Trinajstić information content (AvgIpc) is 2.88.